The van der Waals surface area contributed by atoms with Crippen molar-refractivity contribution in [3.05, 3.63) is 293 Å². The van der Waals surface area contributed by atoms with Crippen LogP contribution in [0, 0.1) is 53.4 Å². The number of alkyl halides is 3. The zero-order valence-electron chi connectivity index (χ0n) is 82.7. The van der Waals surface area contributed by atoms with Crippen molar-refractivity contribution in [1.82, 2.24) is 105 Å². The number of ether oxygens (including phenoxy) is 1. The molecule has 0 bridgehead atoms. The van der Waals surface area contributed by atoms with Crippen molar-refractivity contribution in [1.29, 1.82) is 0 Å². The zero-order valence-corrected chi connectivity index (χ0v) is 83.5. The minimum Gasteiger partial charge on any atom is -0.459 e. The van der Waals surface area contributed by atoms with Gasteiger partial charge in [-0.15, -0.1) is 0 Å². The first kappa shape index (κ1) is 109. The molecule has 38 heteroatoms. The van der Waals surface area contributed by atoms with Crippen LogP contribution in [0.2, 0.25) is 0 Å². The predicted octanol–water partition coefficient (Wildman–Crippen LogP) is 15.9. The molecule has 1 aliphatic heterocycles. The number of anilines is 3. The summed E-state index contributed by atoms with van der Waals surface area (Å²) in [5, 5.41) is 14.8. The third-order valence-electron chi connectivity index (χ3n) is 22.4. The number of furan rings is 1. The summed E-state index contributed by atoms with van der Waals surface area (Å²) < 4.78 is 72.5. The van der Waals surface area contributed by atoms with Gasteiger partial charge in [0.05, 0.1) is 37.2 Å². The normalized spacial score (nSPS) is 13.4. The van der Waals surface area contributed by atoms with Gasteiger partial charge in [-0.05, 0) is 214 Å². The van der Waals surface area contributed by atoms with Crippen LogP contribution in [-0.4, -0.2) is 208 Å². The van der Waals surface area contributed by atoms with Crippen molar-refractivity contribution in [3.63, 3.8) is 0 Å². The molecule has 3 amide bonds. The van der Waals surface area contributed by atoms with Crippen molar-refractivity contribution in [2.24, 2.45) is 11.8 Å². The van der Waals surface area contributed by atoms with Gasteiger partial charge >= 0.3 is 6.18 Å². The van der Waals surface area contributed by atoms with Gasteiger partial charge in [-0.2, -0.15) is 13.2 Å². The van der Waals surface area contributed by atoms with Gasteiger partial charge in [0.15, 0.2) is 52.2 Å². The van der Waals surface area contributed by atoms with Crippen LogP contribution in [-0.2, 0) is 76.8 Å². The SMILES string of the molecule is CC(C)C1C(=O)CC(Nc2cc(C(F)(F)F)nc(-c3ccccn3)n2)C1=O.CCNC(=O)CCc1nc(-c2ccccn2)nc(C)c1C.CCc1cc(NC(C)C(=O)N2CCOCC2)nc(-c2ccccn2)n1.Cc1cc(CCCNC(=O)c2ccco2)nc(-c2ccccn2)n1.Cc1cc(NCCCC(=O)Cc2ccccc2)nc(-c2ccccn2)n1.Cc1nc(-c2ccccn2)nc(CCCS(C)(=O)=O)c1C. The van der Waals surface area contributed by atoms with Gasteiger partial charge in [-0.3, -0.25) is 58.7 Å². The molecule has 1 saturated heterocycles. The first-order chi connectivity index (χ1) is 69.2. The molecule has 14 aromatic rings. The molecule has 0 spiro atoms. The highest BCUT2D eigenvalue weighted by atomic mass is 32.2. The Morgan fingerprint density at radius 1 is 0.500 bits per heavy atom. The smallest absolute Gasteiger partial charge is 0.433 e. The maximum atomic E-state index is 13.2. The summed E-state index contributed by atoms with van der Waals surface area (Å²) in [6.45, 7) is 25.4. The van der Waals surface area contributed by atoms with E-state index in [1.165, 1.54) is 24.8 Å². The molecule has 2 aliphatic rings. The summed E-state index contributed by atoms with van der Waals surface area (Å²) in [4.78, 5) is 152. The monoisotopic (exact) mass is 1980 g/mol. The minimum atomic E-state index is -4.70. The summed E-state index contributed by atoms with van der Waals surface area (Å²) in [6.07, 6.45) is 14.4. The highest BCUT2D eigenvalue weighted by Gasteiger charge is 2.43. The summed E-state index contributed by atoms with van der Waals surface area (Å²) in [5.74, 6) is 3.20. The van der Waals surface area contributed by atoms with Gasteiger partial charge in [0.2, 0.25) is 11.8 Å². The second-order valence-corrected chi connectivity index (χ2v) is 36.4. The molecule has 16 rings (SSSR count). The number of hydrogen-bond donors (Lipinski definition) is 5. The quantitative estimate of drug-likeness (QED) is 0.0188. The van der Waals surface area contributed by atoms with E-state index in [4.69, 9.17) is 9.15 Å². The molecule has 750 valence electrons. The Morgan fingerprint density at radius 2 is 0.993 bits per heavy atom. The van der Waals surface area contributed by atoms with Crippen molar-refractivity contribution in [3.8, 4) is 69.1 Å². The molecule has 0 radical (unpaired) electrons. The Bertz CT molecular complexity index is 6660. The second kappa shape index (κ2) is 54.4. The van der Waals surface area contributed by atoms with Crippen molar-refractivity contribution in [2.45, 2.75) is 165 Å². The lowest BCUT2D eigenvalue weighted by Gasteiger charge is -2.29. The van der Waals surface area contributed by atoms with Crippen molar-refractivity contribution < 1.29 is 59.5 Å². The molecular formula is C106H119F3N24O10S. The molecule has 5 N–H and O–H groups in total. The molecule has 1 aromatic carbocycles. The zero-order chi connectivity index (χ0) is 103. The first-order valence-electron chi connectivity index (χ1n) is 47.5. The average Bonchev–Trinajstić information content (AvgIpc) is 1.51. The van der Waals surface area contributed by atoms with E-state index in [9.17, 15) is 50.4 Å². The highest BCUT2D eigenvalue weighted by Crippen LogP contribution is 2.34. The number of carbonyl (C=O) groups excluding carboxylic acids is 6. The van der Waals surface area contributed by atoms with Crippen LogP contribution in [0.25, 0.3) is 69.1 Å². The third kappa shape index (κ3) is 34.4. The van der Waals surface area contributed by atoms with Crippen molar-refractivity contribution in [2.75, 3.05) is 73.9 Å². The van der Waals surface area contributed by atoms with Crippen LogP contribution < -0.4 is 26.6 Å². The number of carbonyl (C=O) groups is 6. The molecular weight excluding hydrogens is 1860 g/mol. The van der Waals surface area contributed by atoms with E-state index in [0.29, 0.717) is 131 Å². The van der Waals surface area contributed by atoms with Crippen LogP contribution in [0.5, 0.6) is 0 Å². The Hall–Kier alpha value is -15.6. The van der Waals surface area contributed by atoms with E-state index in [0.717, 1.165) is 123 Å². The number of halogens is 3. The third-order valence-corrected chi connectivity index (χ3v) is 23.5. The lowest BCUT2D eigenvalue weighted by atomic mass is 9.92. The van der Waals surface area contributed by atoms with Gasteiger partial charge in [-0.1, -0.05) is 87.5 Å². The highest BCUT2D eigenvalue weighted by molar-refractivity contribution is 7.90. The number of morpholine rings is 1. The number of benzene rings is 1. The first-order valence-corrected chi connectivity index (χ1v) is 49.5. The lowest BCUT2D eigenvalue weighted by Crippen LogP contribution is -2.47. The van der Waals surface area contributed by atoms with Gasteiger partial charge in [0.25, 0.3) is 5.91 Å². The number of nitrogens with one attached hydrogen (secondary N) is 5. The number of hydrogen-bond acceptors (Lipinski definition) is 31. The minimum absolute atomic E-state index is 0.0487. The number of Topliss-reactive ketones (excluding diaryl/α,β-unsaturated/α-hetero) is 3. The number of ketones is 3. The average molecular weight is 1980 g/mol. The summed E-state index contributed by atoms with van der Waals surface area (Å²) in [7, 11) is -2.94. The fourth-order valence-corrected chi connectivity index (χ4v) is 15.6. The number of aryl methyl sites for hydroxylation is 8. The summed E-state index contributed by atoms with van der Waals surface area (Å²) in [5.41, 5.74) is 13.1. The van der Waals surface area contributed by atoms with E-state index in [2.05, 4.69) is 116 Å². The Kier molecular flexibility index (Phi) is 41.1. The number of nitrogens with zero attached hydrogens (tertiary/aromatic N) is 19. The standard InChI is InChI=1S/C21H22N4O.C18H17F3N4O2.C18H23N5O2.C18H18N4O2.C16H20N4O.C15H19N3O2S/c1-16-14-20(25-21(24-16)19-11-5-6-12-22-19)23-13-7-10-18(26)15-17-8-3-2-4-9-17;1-9(2)15-12(26)7-11(16(15)27)23-14-8-13(18(19,20)21)24-17(25-14)10-5-3-4-6-22-10;1-3-14-12-16(22-17(21-14)15-6-4-5-7-19-15)20-13(2)18(24)23-8-10-25-11-9-23;1-13-12-14(22-17(21-13)15-7-2-3-9-19-15)6-4-10-20-18(23)16-8-5-11-24-16;1-4-17-15(21)9-8-13-11(2)12(3)19-16(20-13)14-7-5-6-10-18-14;1-11-12(2)17-15(14-7-4-5-9-16-14)18-13(11)8-6-10-21(3,19)20/h2-6,8-9,11-12,14H,7,10,13,15H2,1H3,(H,23,24,25);3-6,8-9,11,15H,7H2,1-2H3,(H,23,24,25);4-7,12-13H,3,8-11H2,1-2H3,(H,20,21,22);2-3,5,7-9,11-12H,4,6,10H2,1H3,(H,20,23);5-7,10H,4,8-9H2,1-3H3,(H,17,21);4-5,7,9H,6,8,10H2,1-3H3. The van der Waals surface area contributed by atoms with Gasteiger partial charge in [0, 0.05) is 166 Å². The van der Waals surface area contributed by atoms with E-state index < -0.39 is 33.7 Å². The van der Waals surface area contributed by atoms with E-state index in [1.54, 1.807) is 69.1 Å². The molecule has 13 aromatic heterocycles. The van der Waals surface area contributed by atoms with Crippen LogP contribution in [0.4, 0.5) is 30.6 Å². The summed E-state index contributed by atoms with van der Waals surface area (Å²) in [6, 6.07) is 51.3. The molecule has 3 unspecified atom stereocenters. The van der Waals surface area contributed by atoms with Crippen molar-refractivity contribution >= 4 is 62.4 Å². The molecule has 1 saturated carbocycles. The Balaban J connectivity index is 0.000000165. The molecule has 14 heterocycles. The Morgan fingerprint density at radius 3 is 1.49 bits per heavy atom. The fraction of sp³-hybridized carbons (Fsp3) is 0.340. The lowest BCUT2D eigenvalue weighted by molar-refractivity contribution is -0.141. The molecule has 34 nitrogen and oxygen atoms in total. The van der Waals surface area contributed by atoms with Gasteiger partial charge < -0.3 is 40.6 Å². The number of aromatic nitrogens is 18. The predicted molar refractivity (Wildman–Crippen MR) is 543 cm³/mol. The molecule has 2 fully saturated rings. The number of pyridine rings is 6. The van der Waals surface area contributed by atoms with Crippen LogP contribution in [0.1, 0.15) is 152 Å². The number of amides is 3. The van der Waals surface area contributed by atoms with Crippen LogP contribution in [0.15, 0.2) is 224 Å². The summed E-state index contributed by atoms with van der Waals surface area (Å²) >= 11 is 0. The number of sulfone groups is 1. The fourth-order valence-electron chi connectivity index (χ4n) is 14.9. The van der Waals surface area contributed by atoms with Gasteiger partial charge in [0.1, 0.15) is 79.1 Å². The largest absolute Gasteiger partial charge is 0.459 e. The van der Waals surface area contributed by atoms with Crippen LogP contribution in [0.3, 0.4) is 0 Å². The molecule has 144 heavy (non-hydrogen) atoms. The van der Waals surface area contributed by atoms with Crippen LogP contribution >= 0.6 is 0 Å². The molecule has 1 aliphatic carbocycles. The maximum Gasteiger partial charge on any atom is 0.433 e. The van der Waals surface area contributed by atoms with E-state index in [1.807, 2.05) is 207 Å². The number of rotatable bonds is 33. The molecule has 3 atom stereocenters. The second-order valence-electron chi connectivity index (χ2n) is 34.2. The van der Waals surface area contributed by atoms with Gasteiger partial charge in [-0.25, -0.2) is 68.2 Å². The van der Waals surface area contributed by atoms with E-state index in [-0.39, 0.29) is 76.5 Å². The van der Waals surface area contributed by atoms with E-state index >= 15 is 0 Å². The topological polar surface area (TPSA) is 454 Å². The Labute approximate surface area is 835 Å². The maximum absolute atomic E-state index is 13.2.